The summed E-state index contributed by atoms with van der Waals surface area (Å²) >= 11 is 1.06. The predicted molar refractivity (Wildman–Crippen MR) is 169 cm³/mol. The zero-order chi connectivity index (χ0) is 33.1. The van der Waals surface area contributed by atoms with Crippen LogP contribution in [-0.4, -0.2) is 31.4 Å². The zero-order valence-electron chi connectivity index (χ0n) is 24.5. The van der Waals surface area contributed by atoms with Gasteiger partial charge in [-0.25, -0.2) is 9.97 Å². The van der Waals surface area contributed by atoms with Gasteiger partial charge in [0.1, 0.15) is 0 Å². The first-order chi connectivity index (χ1) is 22.3. The summed E-state index contributed by atoms with van der Waals surface area (Å²) < 4.78 is 8.19. The van der Waals surface area contributed by atoms with Crippen LogP contribution in [0.5, 0.6) is 11.5 Å². The number of fused-ring (bicyclic) bond motifs is 2. The molecule has 0 fully saturated rings. The Morgan fingerprint density at radius 2 is 0.957 bits per heavy atom. The first-order valence-electron chi connectivity index (χ1n) is 13.6. The second-order valence-electron chi connectivity index (χ2n) is 9.47. The van der Waals surface area contributed by atoms with E-state index in [0.717, 1.165) is 17.4 Å². The van der Waals surface area contributed by atoms with E-state index >= 15 is 0 Å². The van der Waals surface area contributed by atoms with E-state index in [2.05, 4.69) is 41.0 Å². The van der Waals surface area contributed by atoms with Crippen molar-refractivity contribution in [1.29, 1.82) is 0 Å². The van der Waals surface area contributed by atoms with Crippen LogP contribution in [0.15, 0.2) is 117 Å². The number of hydrogen-bond donors (Lipinski definition) is 4. The summed E-state index contributed by atoms with van der Waals surface area (Å²) in [5.41, 5.74) is 9.06. The van der Waals surface area contributed by atoms with E-state index in [-0.39, 0.29) is 34.3 Å². The molecule has 0 amide bonds. The SMILES string of the molecule is C/C(=N\Nc1nc2ccccc2[nH]c1=O)c1ccccc1[O-].C/C(=N\Nc1nc2ccccc2[nH]c1=O)c1ccccc1[O-].[O]=[V+2]. The van der Waals surface area contributed by atoms with Gasteiger partial charge < -0.3 is 20.2 Å². The summed E-state index contributed by atoms with van der Waals surface area (Å²) in [5, 5.41) is 31.6. The normalized spacial score (nSPS) is 11.2. The number of nitrogens with zero attached hydrogens (tertiary/aromatic N) is 4. The van der Waals surface area contributed by atoms with E-state index < -0.39 is 0 Å². The van der Waals surface area contributed by atoms with E-state index in [1.54, 1.807) is 74.5 Å². The monoisotopic (exact) mass is 653 g/mol. The number of anilines is 2. The molecule has 0 atom stereocenters. The number of aromatic amines is 2. The third kappa shape index (κ3) is 8.17. The molecular formula is C32H26N8O5V. The molecule has 2 aromatic heterocycles. The van der Waals surface area contributed by atoms with Gasteiger partial charge in [0.2, 0.25) is 11.6 Å². The maximum absolute atomic E-state index is 11.9. The molecule has 0 aliphatic heterocycles. The van der Waals surface area contributed by atoms with Gasteiger partial charge in [0.15, 0.2) is 0 Å². The number of hydrogen-bond acceptors (Lipinski definition) is 11. The molecule has 0 saturated carbocycles. The maximum atomic E-state index is 11.9. The Labute approximate surface area is 271 Å². The first kappa shape index (κ1) is 33.0. The number of H-pyrrole nitrogens is 2. The topological polar surface area (TPSA) is 203 Å². The molecule has 0 unspecified atom stereocenters. The van der Waals surface area contributed by atoms with Crippen molar-refractivity contribution in [3.63, 3.8) is 0 Å². The predicted octanol–water partition coefficient (Wildman–Crippen LogP) is 3.54. The Balaban J connectivity index is 0.000000198. The standard InChI is InChI=1S/2C16H14N4O2.O.V/c2*1-10(11-6-2-5-9-14(11)21)19-20-15-16(22)18-13-8-4-3-7-12(13)17-15;;/h2*2-9,21H,1H3,(H,17,20)(H,18,22);;/q;;;+2/p-2/b2*19-10+;;. The average molecular weight is 654 g/mol. The van der Waals surface area contributed by atoms with E-state index in [1.165, 1.54) is 12.1 Å². The van der Waals surface area contributed by atoms with Crippen LogP contribution in [0.25, 0.3) is 22.1 Å². The van der Waals surface area contributed by atoms with Gasteiger partial charge in [-0.05, 0) is 49.2 Å². The van der Waals surface area contributed by atoms with Crippen molar-refractivity contribution in [3.8, 4) is 11.5 Å². The number of nitrogens with one attached hydrogen (secondary N) is 4. The molecule has 0 saturated heterocycles. The van der Waals surface area contributed by atoms with Crippen molar-refractivity contribution in [2.45, 2.75) is 13.8 Å². The molecule has 0 spiro atoms. The first-order valence-corrected chi connectivity index (χ1v) is 14.2. The van der Waals surface area contributed by atoms with Crippen molar-refractivity contribution in [1.82, 2.24) is 19.9 Å². The van der Waals surface area contributed by atoms with Crippen LogP contribution >= 0.6 is 0 Å². The Kier molecular flexibility index (Phi) is 11.3. The van der Waals surface area contributed by atoms with Crippen LogP contribution in [-0.2, 0) is 21.0 Å². The molecule has 0 bridgehead atoms. The summed E-state index contributed by atoms with van der Waals surface area (Å²) in [6, 6.07) is 27.6. The van der Waals surface area contributed by atoms with Crippen molar-refractivity contribution < 1.29 is 31.3 Å². The minimum atomic E-state index is -0.370. The molecule has 229 valence electrons. The fourth-order valence-electron chi connectivity index (χ4n) is 4.14. The van der Waals surface area contributed by atoms with Crippen molar-refractivity contribution in [2.24, 2.45) is 10.2 Å². The Morgan fingerprint density at radius 1 is 0.609 bits per heavy atom. The van der Waals surface area contributed by atoms with Gasteiger partial charge in [-0.3, -0.25) is 20.4 Å². The van der Waals surface area contributed by atoms with Crippen molar-refractivity contribution in [2.75, 3.05) is 10.9 Å². The van der Waals surface area contributed by atoms with E-state index in [1.807, 2.05) is 24.3 Å². The van der Waals surface area contributed by atoms with Crippen LogP contribution in [0.1, 0.15) is 25.0 Å². The molecule has 13 nitrogen and oxygen atoms in total. The molecule has 4 aromatic carbocycles. The fraction of sp³-hybridized carbons (Fsp3) is 0.0625. The summed E-state index contributed by atoms with van der Waals surface area (Å²) in [6.07, 6.45) is 0. The van der Waals surface area contributed by atoms with Gasteiger partial charge in [0.25, 0.3) is 11.1 Å². The van der Waals surface area contributed by atoms with Gasteiger partial charge in [0, 0.05) is 0 Å². The summed E-state index contributed by atoms with van der Waals surface area (Å²) in [7, 11) is 0. The summed E-state index contributed by atoms with van der Waals surface area (Å²) in [6.45, 7) is 3.39. The van der Waals surface area contributed by atoms with Crippen LogP contribution in [0.3, 0.4) is 0 Å². The second kappa shape index (κ2) is 15.7. The quantitative estimate of drug-likeness (QED) is 0.153. The Bertz CT molecular complexity index is 2010. The molecular weight excluding hydrogens is 627 g/mol. The number of para-hydroxylation sites is 6. The van der Waals surface area contributed by atoms with Gasteiger partial charge in [-0.2, -0.15) is 10.2 Å². The fourth-order valence-corrected chi connectivity index (χ4v) is 4.14. The van der Waals surface area contributed by atoms with E-state index in [4.69, 9.17) is 3.67 Å². The molecule has 0 radical (unpaired) electrons. The molecule has 4 N–H and O–H groups in total. The molecule has 6 rings (SSSR count). The summed E-state index contributed by atoms with van der Waals surface area (Å²) in [4.78, 5) is 37.8. The molecule has 14 heteroatoms. The second-order valence-corrected chi connectivity index (χ2v) is 9.47. The Morgan fingerprint density at radius 3 is 1.35 bits per heavy atom. The number of benzene rings is 4. The summed E-state index contributed by atoms with van der Waals surface area (Å²) in [5.74, 6) is -0.0697. The third-order valence-electron chi connectivity index (χ3n) is 6.41. The number of rotatable bonds is 6. The molecule has 6 aromatic rings. The molecule has 0 aliphatic rings. The van der Waals surface area contributed by atoms with E-state index in [9.17, 15) is 19.8 Å². The van der Waals surface area contributed by atoms with Gasteiger partial charge in [-0.1, -0.05) is 84.3 Å². The van der Waals surface area contributed by atoms with Gasteiger partial charge in [-0.15, -0.1) is 0 Å². The van der Waals surface area contributed by atoms with Crippen LogP contribution in [0.4, 0.5) is 11.6 Å². The molecule has 2 heterocycles. The number of aromatic nitrogens is 4. The average Bonchev–Trinajstić information content (AvgIpc) is 3.07. The van der Waals surface area contributed by atoms with Crippen LogP contribution in [0, 0.1) is 0 Å². The minimum absolute atomic E-state index is 0.0847. The zero-order valence-corrected chi connectivity index (χ0v) is 25.9. The van der Waals surface area contributed by atoms with E-state index in [0.29, 0.717) is 44.6 Å². The van der Waals surface area contributed by atoms with Crippen LogP contribution < -0.4 is 32.2 Å². The Hall–Kier alpha value is -5.92. The third-order valence-corrected chi connectivity index (χ3v) is 6.41. The molecule has 0 aliphatic carbocycles. The van der Waals surface area contributed by atoms with Crippen molar-refractivity contribution in [3.05, 3.63) is 129 Å². The van der Waals surface area contributed by atoms with Gasteiger partial charge >= 0.3 is 21.0 Å². The van der Waals surface area contributed by atoms with Crippen molar-refractivity contribution >= 4 is 45.1 Å². The van der Waals surface area contributed by atoms with Crippen LogP contribution in [0.2, 0.25) is 0 Å². The number of hydrazone groups is 2. The van der Waals surface area contributed by atoms with Gasteiger partial charge in [0.05, 0.1) is 33.5 Å². The molecule has 46 heavy (non-hydrogen) atoms.